The van der Waals surface area contributed by atoms with Gasteiger partial charge in [-0.05, 0) is 12.8 Å². The summed E-state index contributed by atoms with van der Waals surface area (Å²) in [6.45, 7) is 6.98. The van der Waals surface area contributed by atoms with Crippen molar-refractivity contribution >= 4 is 0 Å². The summed E-state index contributed by atoms with van der Waals surface area (Å²) in [5.41, 5.74) is 0. The molecule has 0 saturated heterocycles. The van der Waals surface area contributed by atoms with Crippen LogP contribution in [0.15, 0.2) is 0 Å². The molecule has 0 N–H and O–H groups in total. The zero-order valence-corrected chi connectivity index (χ0v) is 11.3. The molecule has 0 spiro atoms. The molecule has 0 aromatic carbocycles. The molecule has 0 aromatic rings. The van der Waals surface area contributed by atoms with Crippen LogP contribution in [0, 0.1) is 0 Å². The molecule has 0 aromatic heterocycles. The number of hydrogen-bond donors (Lipinski definition) is 0. The smallest absolute Gasteiger partial charge is 0.0133 e. The molecule has 15 heavy (non-hydrogen) atoms. The van der Waals surface area contributed by atoms with Crippen LogP contribution in [0.5, 0.6) is 0 Å². The largest absolute Gasteiger partial charge is 0.248 e. The maximum atomic E-state index is 2.47. The average molecular weight is 214 g/mol. The Balaban J connectivity index is 3.48. The molecule has 0 heterocycles. The van der Waals surface area contributed by atoms with Crippen molar-refractivity contribution in [1.29, 1.82) is 0 Å². The van der Waals surface area contributed by atoms with E-state index in [0.29, 0.717) is 0 Å². The molecular weight excluding hydrogens is 184 g/mol. The lowest BCUT2D eigenvalue weighted by Gasteiger charge is -2.28. The summed E-state index contributed by atoms with van der Waals surface area (Å²) < 4.78 is 0. The number of hydrogen-bond acceptors (Lipinski definition) is 2. The fourth-order valence-electron chi connectivity index (χ4n) is 1.75. The van der Waals surface area contributed by atoms with Crippen LogP contribution in [0.4, 0.5) is 0 Å². The lowest BCUT2D eigenvalue weighted by Crippen LogP contribution is -2.38. The summed E-state index contributed by atoms with van der Waals surface area (Å²) in [6, 6.07) is 0. The van der Waals surface area contributed by atoms with E-state index in [0.717, 1.165) is 0 Å². The molecular formula is C13H30N2. The summed E-state index contributed by atoms with van der Waals surface area (Å²) >= 11 is 0. The van der Waals surface area contributed by atoms with Crippen molar-refractivity contribution in [2.75, 3.05) is 27.2 Å². The minimum Gasteiger partial charge on any atom is -0.248 e. The fourth-order valence-corrected chi connectivity index (χ4v) is 1.75. The highest BCUT2D eigenvalue weighted by molar-refractivity contribution is 4.53. The van der Waals surface area contributed by atoms with Crippen molar-refractivity contribution < 1.29 is 0 Å². The Hall–Kier alpha value is -0.0800. The van der Waals surface area contributed by atoms with Crippen LogP contribution in [-0.2, 0) is 0 Å². The molecule has 0 amide bonds. The van der Waals surface area contributed by atoms with Gasteiger partial charge in [0.25, 0.3) is 0 Å². The zero-order valence-electron chi connectivity index (χ0n) is 11.3. The molecule has 0 aliphatic carbocycles. The summed E-state index contributed by atoms with van der Waals surface area (Å²) in [5, 5.41) is 4.71. The van der Waals surface area contributed by atoms with Crippen LogP contribution in [0.1, 0.15) is 58.8 Å². The first-order valence-corrected chi connectivity index (χ1v) is 6.64. The van der Waals surface area contributed by atoms with Gasteiger partial charge < -0.3 is 0 Å². The first-order chi connectivity index (χ1) is 7.22. The molecule has 0 radical (unpaired) electrons. The molecule has 0 fully saturated rings. The maximum absolute atomic E-state index is 2.47. The van der Waals surface area contributed by atoms with Gasteiger partial charge in [-0.15, -0.1) is 0 Å². The van der Waals surface area contributed by atoms with Crippen molar-refractivity contribution in [3.63, 3.8) is 0 Å². The summed E-state index contributed by atoms with van der Waals surface area (Å²) in [5.74, 6) is 0. The molecule has 0 atom stereocenters. The normalized spacial score (nSPS) is 11.6. The van der Waals surface area contributed by atoms with Crippen LogP contribution >= 0.6 is 0 Å². The van der Waals surface area contributed by atoms with Gasteiger partial charge in [-0.2, -0.15) is 0 Å². The number of unbranched alkanes of at least 4 members (excludes halogenated alkanes) is 5. The standard InChI is InChI=1S/C13H30N2/c1-5-7-9-10-11-13-15(14(3)4)12-8-6-2/h5-13H2,1-4H3. The molecule has 0 saturated carbocycles. The fraction of sp³-hybridized carbons (Fsp3) is 1.00. The van der Waals surface area contributed by atoms with E-state index >= 15 is 0 Å². The molecule has 0 aliphatic rings. The Bertz CT molecular complexity index is 124. The second kappa shape index (κ2) is 10.4. The van der Waals surface area contributed by atoms with Gasteiger partial charge in [-0.25, -0.2) is 10.0 Å². The van der Waals surface area contributed by atoms with Gasteiger partial charge in [-0.3, -0.25) is 0 Å². The van der Waals surface area contributed by atoms with E-state index < -0.39 is 0 Å². The molecule has 0 bridgehead atoms. The zero-order chi connectivity index (χ0) is 11.5. The average Bonchev–Trinajstić information content (AvgIpc) is 2.21. The lowest BCUT2D eigenvalue weighted by atomic mass is 10.1. The third kappa shape index (κ3) is 8.88. The number of hydrazine groups is 1. The van der Waals surface area contributed by atoms with E-state index in [4.69, 9.17) is 0 Å². The number of rotatable bonds is 10. The third-order valence-corrected chi connectivity index (χ3v) is 2.86. The van der Waals surface area contributed by atoms with Gasteiger partial charge >= 0.3 is 0 Å². The van der Waals surface area contributed by atoms with Crippen LogP contribution in [0.25, 0.3) is 0 Å². The van der Waals surface area contributed by atoms with E-state index in [2.05, 4.69) is 38.0 Å². The molecule has 92 valence electrons. The summed E-state index contributed by atoms with van der Waals surface area (Å²) in [4.78, 5) is 0. The highest BCUT2D eigenvalue weighted by Crippen LogP contribution is 2.05. The van der Waals surface area contributed by atoms with Gasteiger partial charge in [0, 0.05) is 27.2 Å². The summed E-state index contributed by atoms with van der Waals surface area (Å²) in [6.07, 6.45) is 9.50. The highest BCUT2D eigenvalue weighted by atomic mass is 15.6. The monoisotopic (exact) mass is 214 g/mol. The van der Waals surface area contributed by atoms with Crippen molar-refractivity contribution in [2.24, 2.45) is 0 Å². The van der Waals surface area contributed by atoms with Crippen molar-refractivity contribution in [3.8, 4) is 0 Å². The predicted octanol–water partition coefficient (Wildman–Crippen LogP) is 3.54. The van der Waals surface area contributed by atoms with Crippen molar-refractivity contribution in [3.05, 3.63) is 0 Å². The van der Waals surface area contributed by atoms with Crippen molar-refractivity contribution in [2.45, 2.75) is 58.8 Å². The lowest BCUT2D eigenvalue weighted by molar-refractivity contribution is 0.0221. The van der Waals surface area contributed by atoms with E-state index in [-0.39, 0.29) is 0 Å². The Morgan fingerprint density at radius 1 is 0.667 bits per heavy atom. The van der Waals surface area contributed by atoms with Gasteiger partial charge in [-0.1, -0.05) is 46.0 Å². The molecule has 0 unspecified atom stereocenters. The molecule has 0 aliphatic heterocycles. The van der Waals surface area contributed by atoms with Crippen LogP contribution in [0.3, 0.4) is 0 Å². The van der Waals surface area contributed by atoms with E-state index in [1.165, 1.54) is 58.0 Å². The first kappa shape index (κ1) is 14.9. The Morgan fingerprint density at radius 2 is 1.20 bits per heavy atom. The second-order valence-electron chi connectivity index (χ2n) is 4.57. The number of nitrogens with zero attached hydrogens (tertiary/aromatic N) is 2. The summed E-state index contributed by atoms with van der Waals surface area (Å²) in [7, 11) is 4.31. The molecule has 0 rings (SSSR count). The molecule has 2 heteroatoms. The van der Waals surface area contributed by atoms with Crippen LogP contribution in [0.2, 0.25) is 0 Å². The minimum atomic E-state index is 1.22. The van der Waals surface area contributed by atoms with Crippen LogP contribution < -0.4 is 0 Å². The first-order valence-electron chi connectivity index (χ1n) is 6.64. The Kier molecular flexibility index (Phi) is 10.4. The van der Waals surface area contributed by atoms with Gasteiger partial charge in [0.1, 0.15) is 0 Å². The Morgan fingerprint density at radius 3 is 1.73 bits per heavy atom. The maximum Gasteiger partial charge on any atom is 0.0133 e. The SMILES string of the molecule is CCCCCCCN(CCCC)N(C)C. The Labute approximate surface area is 96.6 Å². The van der Waals surface area contributed by atoms with E-state index in [1.807, 2.05) is 0 Å². The van der Waals surface area contributed by atoms with Gasteiger partial charge in [0.15, 0.2) is 0 Å². The minimum absolute atomic E-state index is 1.22. The van der Waals surface area contributed by atoms with Crippen LogP contribution in [-0.4, -0.2) is 37.2 Å². The van der Waals surface area contributed by atoms with E-state index in [9.17, 15) is 0 Å². The third-order valence-electron chi connectivity index (χ3n) is 2.86. The van der Waals surface area contributed by atoms with E-state index in [1.54, 1.807) is 0 Å². The van der Waals surface area contributed by atoms with Crippen molar-refractivity contribution in [1.82, 2.24) is 10.0 Å². The molecule has 2 nitrogen and oxygen atoms in total. The van der Waals surface area contributed by atoms with Gasteiger partial charge in [0.2, 0.25) is 0 Å². The predicted molar refractivity (Wildman–Crippen MR) is 68.9 cm³/mol. The second-order valence-corrected chi connectivity index (χ2v) is 4.57. The highest BCUT2D eigenvalue weighted by Gasteiger charge is 2.05. The van der Waals surface area contributed by atoms with Gasteiger partial charge in [0.05, 0.1) is 0 Å². The topological polar surface area (TPSA) is 6.48 Å². The quantitative estimate of drug-likeness (QED) is 0.405.